The van der Waals surface area contributed by atoms with Crippen LogP contribution in [0.1, 0.15) is 45.8 Å². The van der Waals surface area contributed by atoms with E-state index >= 15 is 0 Å². The predicted molar refractivity (Wildman–Crippen MR) is 101 cm³/mol. The zero-order valence-corrected chi connectivity index (χ0v) is 15.7. The molecule has 2 atom stereocenters. The van der Waals surface area contributed by atoms with Crippen molar-refractivity contribution in [2.24, 2.45) is 0 Å². The van der Waals surface area contributed by atoms with E-state index in [2.05, 4.69) is 15.6 Å². The largest absolute Gasteiger partial charge is 0.347 e. The van der Waals surface area contributed by atoms with Crippen molar-refractivity contribution in [1.82, 2.24) is 15.6 Å². The third kappa shape index (κ3) is 4.91. The second-order valence-electron chi connectivity index (χ2n) is 6.61. The molecule has 2 aromatic rings. The molecule has 8 heteroatoms. The number of nitrogens with zero attached hydrogens (tertiary/aromatic N) is 1. The van der Waals surface area contributed by atoms with Gasteiger partial charge < -0.3 is 10.6 Å². The van der Waals surface area contributed by atoms with Crippen molar-refractivity contribution < 1.29 is 18.0 Å². The van der Waals surface area contributed by atoms with Crippen LogP contribution in [0.15, 0.2) is 48.7 Å². The van der Waals surface area contributed by atoms with Crippen LogP contribution >= 0.6 is 0 Å². The van der Waals surface area contributed by atoms with E-state index in [1.807, 2.05) is 37.3 Å². The zero-order valence-electron chi connectivity index (χ0n) is 14.9. The lowest BCUT2D eigenvalue weighted by atomic mass is 10.1. The summed E-state index contributed by atoms with van der Waals surface area (Å²) in [4.78, 5) is 28.8. The molecule has 142 valence electrons. The zero-order chi connectivity index (χ0) is 19.4. The van der Waals surface area contributed by atoms with Crippen LogP contribution in [-0.4, -0.2) is 42.8 Å². The Bertz CT molecular complexity index is 944. The van der Waals surface area contributed by atoms with Crippen molar-refractivity contribution in [3.05, 3.63) is 65.5 Å². The highest BCUT2D eigenvalue weighted by Crippen LogP contribution is 2.14. The predicted octanol–water partition coefficient (Wildman–Crippen LogP) is 1.49. The van der Waals surface area contributed by atoms with Gasteiger partial charge in [0.15, 0.2) is 9.84 Å². The molecule has 3 rings (SSSR count). The molecule has 1 aliphatic heterocycles. The Morgan fingerprint density at radius 1 is 1.15 bits per heavy atom. The van der Waals surface area contributed by atoms with E-state index in [-0.39, 0.29) is 29.1 Å². The lowest BCUT2D eigenvalue weighted by Crippen LogP contribution is -2.36. The maximum atomic E-state index is 12.5. The molecule has 0 spiro atoms. The minimum atomic E-state index is -3.08. The summed E-state index contributed by atoms with van der Waals surface area (Å²) in [6.07, 6.45) is 1.78. The van der Waals surface area contributed by atoms with Crippen molar-refractivity contribution in [1.29, 1.82) is 0 Å². The molecule has 7 nitrogen and oxygen atoms in total. The van der Waals surface area contributed by atoms with Crippen LogP contribution in [0.4, 0.5) is 0 Å². The number of amides is 2. The Balaban J connectivity index is 1.66. The van der Waals surface area contributed by atoms with Crippen LogP contribution in [0.5, 0.6) is 0 Å². The number of hydrogen-bond acceptors (Lipinski definition) is 5. The van der Waals surface area contributed by atoms with Crippen LogP contribution in [-0.2, 0) is 9.84 Å². The molecule has 0 radical (unpaired) electrons. The monoisotopic (exact) mass is 387 g/mol. The summed E-state index contributed by atoms with van der Waals surface area (Å²) in [5.74, 6) is -0.785. The molecule has 2 unspecified atom stereocenters. The second-order valence-corrected chi connectivity index (χ2v) is 8.84. The lowest BCUT2D eigenvalue weighted by Gasteiger charge is -2.15. The number of sulfone groups is 1. The van der Waals surface area contributed by atoms with Crippen LogP contribution in [0, 0.1) is 0 Å². The van der Waals surface area contributed by atoms with Gasteiger partial charge in [0.05, 0.1) is 17.5 Å². The molecule has 27 heavy (non-hydrogen) atoms. The van der Waals surface area contributed by atoms with Gasteiger partial charge in [-0.1, -0.05) is 30.3 Å². The van der Waals surface area contributed by atoms with Crippen LogP contribution in [0.25, 0.3) is 0 Å². The number of nitrogens with one attached hydrogen (secondary N) is 2. The van der Waals surface area contributed by atoms with Gasteiger partial charge in [0, 0.05) is 17.8 Å². The smallest absolute Gasteiger partial charge is 0.270 e. The van der Waals surface area contributed by atoms with E-state index in [9.17, 15) is 18.0 Å². The molecule has 2 N–H and O–H groups in total. The maximum absolute atomic E-state index is 12.5. The van der Waals surface area contributed by atoms with E-state index in [0.717, 1.165) is 5.56 Å². The maximum Gasteiger partial charge on any atom is 0.270 e. The van der Waals surface area contributed by atoms with Gasteiger partial charge in [0.1, 0.15) is 5.69 Å². The summed E-state index contributed by atoms with van der Waals surface area (Å²) in [5.41, 5.74) is 1.37. The quantitative estimate of drug-likeness (QED) is 0.809. The van der Waals surface area contributed by atoms with E-state index in [4.69, 9.17) is 0 Å². The van der Waals surface area contributed by atoms with Gasteiger partial charge >= 0.3 is 0 Å². The van der Waals surface area contributed by atoms with Gasteiger partial charge in [-0.3, -0.25) is 14.6 Å². The fourth-order valence-electron chi connectivity index (χ4n) is 2.97. The molecule has 1 aliphatic rings. The van der Waals surface area contributed by atoms with Crippen molar-refractivity contribution in [2.45, 2.75) is 25.4 Å². The molecule has 1 aromatic carbocycles. The van der Waals surface area contributed by atoms with Crippen molar-refractivity contribution in [3.8, 4) is 0 Å². The Morgan fingerprint density at radius 3 is 2.56 bits per heavy atom. The first-order valence-corrected chi connectivity index (χ1v) is 10.5. The first kappa shape index (κ1) is 19.0. The SMILES string of the molecule is CC(NC(=O)c1ccnc(C(=O)NC2CCS(=O)(=O)C2)c1)c1ccccc1. The van der Waals surface area contributed by atoms with Crippen LogP contribution in [0.3, 0.4) is 0 Å². The molecular weight excluding hydrogens is 366 g/mol. The minimum Gasteiger partial charge on any atom is -0.347 e. The molecule has 1 fully saturated rings. The topological polar surface area (TPSA) is 105 Å². The van der Waals surface area contributed by atoms with Gasteiger partial charge in [0.2, 0.25) is 0 Å². The lowest BCUT2D eigenvalue weighted by molar-refractivity contribution is 0.0936. The number of carbonyl (C=O) groups is 2. The molecule has 0 bridgehead atoms. The third-order valence-electron chi connectivity index (χ3n) is 4.47. The molecule has 0 aliphatic carbocycles. The number of rotatable bonds is 5. The number of aromatic nitrogens is 1. The first-order valence-electron chi connectivity index (χ1n) is 8.67. The van der Waals surface area contributed by atoms with E-state index in [1.54, 1.807) is 0 Å². The second kappa shape index (κ2) is 7.87. The molecule has 1 saturated heterocycles. The summed E-state index contributed by atoms with van der Waals surface area (Å²) in [6.45, 7) is 1.88. The Labute approximate surface area is 158 Å². The summed E-state index contributed by atoms with van der Waals surface area (Å²) in [5, 5.41) is 5.56. The van der Waals surface area contributed by atoms with Gasteiger partial charge in [-0.15, -0.1) is 0 Å². The standard InChI is InChI=1S/C19H21N3O4S/c1-13(14-5-3-2-4-6-14)21-18(23)15-7-9-20-17(11-15)19(24)22-16-8-10-27(25,26)12-16/h2-7,9,11,13,16H,8,10,12H2,1H3,(H,21,23)(H,22,24). The van der Waals surface area contributed by atoms with Crippen molar-refractivity contribution in [3.63, 3.8) is 0 Å². The van der Waals surface area contributed by atoms with Gasteiger partial charge in [-0.05, 0) is 31.0 Å². The molecule has 2 amide bonds. The van der Waals surface area contributed by atoms with E-state index in [0.29, 0.717) is 12.0 Å². The summed E-state index contributed by atoms with van der Waals surface area (Å²) in [6, 6.07) is 11.9. The molecule has 0 saturated carbocycles. The van der Waals surface area contributed by atoms with Gasteiger partial charge in [-0.2, -0.15) is 0 Å². The van der Waals surface area contributed by atoms with E-state index < -0.39 is 21.8 Å². The number of carbonyl (C=O) groups excluding carboxylic acids is 2. The number of hydrogen-bond donors (Lipinski definition) is 2. The summed E-state index contributed by atoms with van der Waals surface area (Å²) in [7, 11) is -3.08. The Kier molecular flexibility index (Phi) is 5.55. The summed E-state index contributed by atoms with van der Waals surface area (Å²) < 4.78 is 23.0. The molecule has 2 heterocycles. The molecule has 1 aromatic heterocycles. The first-order chi connectivity index (χ1) is 12.8. The summed E-state index contributed by atoms with van der Waals surface area (Å²) >= 11 is 0. The highest BCUT2D eigenvalue weighted by molar-refractivity contribution is 7.91. The fourth-order valence-corrected chi connectivity index (χ4v) is 4.64. The Morgan fingerprint density at radius 2 is 1.89 bits per heavy atom. The minimum absolute atomic E-state index is 0.0620. The normalized spacial score (nSPS) is 19.2. The van der Waals surface area contributed by atoms with Gasteiger partial charge in [0.25, 0.3) is 11.8 Å². The van der Waals surface area contributed by atoms with Crippen molar-refractivity contribution >= 4 is 21.7 Å². The number of pyridine rings is 1. The van der Waals surface area contributed by atoms with Crippen molar-refractivity contribution in [2.75, 3.05) is 11.5 Å². The van der Waals surface area contributed by atoms with Crippen LogP contribution < -0.4 is 10.6 Å². The fraction of sp³-hybridized carbons (Fsp3) is 0.316. The highest BCUT2D eigenvalue weighted by Gasteiger charge is 2.29. The van der Waals surface area contributed by atoms with Gasteiger partial charge in [-0.25, -0.2) is 8.42 Å². The highest BCUT2D eigenvalue weighted by atomic mass is 32.2. The number of benzene rings is 1. The van der Waals surface area contributed by atoms with E-state index in [1.165, 1.54) is 18.3 Å². The average molecular weight is 387 g/mol. The molecular formula is C19H21N3O4S. The van der Waals surface area contributed by atoms with Crippen LogP contribution in [0.2, 0.25) is 0 Å². The third-order valence-corrected chi connectivity index (χ3v) is 6.24. The Hall–Kier alpha value is -2.74. The average Bonchev–Trinajstić information content (AvgIpc) is 3.00.